The summed E-state index contributed by atoms with van der Waals surface area (Å²) >= 11 is 1.47. The topological polar surface area (TPSA) is 141 Å². The van der Waals surface area contributed by atoms with Gasteiger partial charge in [0.05, 0.1) is 31.8 Å². The Balaban J connectivity index is 1.21. The number of fused-ring (bicyclic) bond motifs is 1. The summed E-state index contributed by atoms with van der Waals surface area (Å²) in [5, 5.41) is 14.9. The quantitative estimate of drug-likeness (QED) is 0.399. The van der Waals surface area contributed by atoms with Crippen molar-refractivity contribution in [2.45, 2.75) is 6.04 Å². The molecule has 5 heterocycles. The zero-order valence-electron chi connectivity index (χ0n) is 20.6. The first kappa shape index (κ1) is 25.4. The number of carboxylic acids is 1. The molecule has 0 radical (unpaired) electrons. The van der Waals surface area contributed by atoms with Gasteiger partial charge < -0.3 is 25.0 Å². The highest BCUT2D eigenvalue weighted by Crippen LogP contribution is 2.22. The zero-order chi connectivity index (χ0) is 26.6. The van der Waals surface area contributed by atoms with Crippen molar-refractivity contribution in [2.75, 3.05) is 52.9 Å². The number of hydrogen-bond donors (Lipinski definition) is 2. The normalized spacial score (nSPS) is 19.3. The van der Waals surface area contributed by atoms with Gasteiger partial charge in [-0.3, -0.25) is 9.89 Å². The summed E-state index contributed by atoms with van der Waals surface area (Å²) in [6.07, 6.45) is 3.12. The minimum absolute atomic E-state index is 0.00688. The molecule has 3 aliphatic heterocycles. The molecule has 2 aromatic heterocycles. The number of thiazole rings is 1. The first-order valence-corrected chi connectivity index (χ1v) is 12.8. The first-order valence-electron chi connectivity index (χ1n) is 11.9. The van der Waals surface area contributed by atoms with Gasteiger partial charge in [0.25, 0.3) is 0 Å². The molecule has 3 aliphatic rings. The number of nitrogens with zero attached hydrogens (tertiary/aromatic N) is 6. The van der Waals surface area contributed by atoms with Gasteiger partial charge in [-0.15, -0.1) is 11.3 Å². The monoisotopic (exact) mass is 535 g/mol. The zero-order valence-corrected chi connectivity index (χ0v) is 21.4. The molecule has 2 amide bonds. The maximum Gasteiger partial charge on any atom is 0.354 e. The van der Waals surface area contributed by atoms with Gasteiger partial charge in [0.15, 0.2) is 10.8 Å². The Hall–Kier alpha value is -4.28. The number of carboxylic acid groups (broad SMARTS) is 1. The van der Waals surface area contributed by atoms with E-state index in [0.717, 1.165) is 10.7 Å². The van der Waals surface area contributed by atoms with E-state index >= 15 is 0 Å². The highest BCUT2D eigenvalue weighted by Gasteiger charge is 2.40. The van der Waals surface area contributed by atoms with E-state index in [-0.39, 0.29) is 30.9 Å². The van der Waals surface area contributed by atoms with Crippen molar-refractivity contribution in [1.29, 1.82) is 0 Å². The van der Waals surface area contributed by atoms with E-state index in [1.54, 1.807) is 17.2 Å². The SMILES string of the molecule is COC(=O)C1=C(CN2CCN3C(=O)N(CC#Cc4ccc(C(=O)O)nc4)C[C@@H]3C2)NC(c2nccs2)=NC1. The molecule has 2 fully saturated rings. The predicted octanol–water partition coefficient (Wildman–Crippen LogP) is 0.487. The lowest BCUT2D eigenvalue weighted by atomic mass is 10.1. The molecule has 13 heteroatoms. The Bertz CT molecular complexity index is 1360. The van der Waals surface area contributed by atoms with Gasteiger partial charge >= 0.3 is 18.0 Å². The lowest BCUT2D eigenvalue weighted by molar-refractivity contribution is -0.136. The highest BCUT2D eigenvalue weighted by molar-refractivity contribution is 7.11. The lowest BCUT2D eigenvalue weighted by Gasteiger charge is -2.37. The number of piperazine rings is 1. The van der Waals surface area contributed by atoms with E-state index in [9.17, 15) is 14.4 Å². The third-order valence-corrected chi connectivity index (χ3v) is 7.26. The van der Waals surface area contributed by atoms with E-state index in [1.165, 1.54) is 30.7 Å². The van der Waals surface area contributed by atoms with Crippen molar-refractivity contribution in [2.24, 2.45) is 4.99 Å². The second kappa shape index (κ2) is 11.0. The number of aromatic nitrogens is 2. The number of amides is 2. The molecule has 0 saturated carbocycles. The molecule has 2 aromatic rings. The molecule has 5 rings (SSSR count). The number of pyridine rings is 1. The molecule has 0 unspecified atom stereocenters. The van der Waals surface area contributed by atoms with E-state index < -0.39 is 11.9 Å². The van der Waals surface area contributed by atoms with E-state index in [1.807, 2.05) is 10.3 Å². The van der Waals surface area contributed by atoms with E-state index in [2.05, 4.69) is 37.0 Å². The minimum Gasteiger partial charge on any atom is -0.477 e. The standard InChI is InChI=1S/C25H25N7O5S/c1-37-24(35)18-12-28-21(22-26-6-10-38-22)29-20(18)15-30-8-9-32-17(13-30)14-31(25(32)36)7-2-3-16-4-5-19(23(33)34)27-11-16/h4-6,10-11,17H,7-9,12-15H2,1H3,(H,28,29)(H,33,34)/t17-/m0/s1. The highest BCUT2D eigenvalue weighted by atomic mass is 32.1. The number of urea groups is 1. The molecule has 1 atom stereocenters. The fraction of sp³-hybridized carbons (Fsp3) is 0.360. The van der Waals surface area contributed by atoms with E-state index in [4.69, 9.17) is 9.84 Å². The van der Waals surface area contributed by atoms with Crippen LogP contribution in [0.5, 0.6) is 0 Å². The number of amidine groups is 1. The van der Waals surface area contributed by atoms with Crippen molar-refractivity contribution < 1.29 is 24.2 Å². The summed E-state index contributed by atoms with van der Waals surface area (Å²) in [6.45, 7) is 3.40. The smallest absolute Gasteiger partial charge is 0.354 e. The average Bonchev–Trinajstić information content (AvgIpc) is 3.57. The molecule has 12 nitrogen and oxygen atoms in total. The van der Waals surface area contributed by atoms with Crippen molar-refractivity contribution >= 4 is 35.1 Å². The van der Waals surface area contributed by atoms with Gasteiger partial charge in [0, 0.05) is 61.8 Å². The second-order valence-corrected chi connectivity index (χ2v) is 9.75. The number of ether oxygens (including phenoxy) is 1. The van der Waals surface area contributed by atoms with Crippen LogP contribution < -0.4 is 5.32 Å². The van der Waals surface area contributed by atoms with Crippen LogP contribution in [0.2, 0.25) is 0 Å². The number of esters is 1. The molecular formula is C25H25N7O5S. The minimum atomic E-state index is -1.09. The Morgan fingerprint density at radius 2 is 2.13 bits per heavy atom. The van der Waals surface area contributed by atoms with Crippen LogP contribution in [-0.4, -0.2) is 113 Å². The van der Waals surface area contributed by atoms with E-state index in [0.29, 0.717) is 49.7 Å². The largest absolute Gasteiger partial charge is 0.477 e. The number of aliphatic imine (C=N–C) groups is 1. The second-order valence-electron chi connectivity index (χ2n) is 8.86. The summed E-state index contributed by atoms with van der Waals surface area (Å²) < 4.78 is 4.98. The molecule has 0 aromatic carbocycles. The number of nitrogens with one attached hydrogen (secondary N) is 1. The maximum atomic E-state index is 12.9. The molecule has 196 valence electrons. The van der Waals surface area contributed by atoms with Crippen LogP contribution in [0.4, 0.5) is 4.79 Å². The average molecular weight is 536 g/mol. The number of rotatable bonds is 6. The molecule has 2 saturated heterocycles. The molecule has 0 spiro atoms. The van der Waals surface area contributed by atoms with Gasteiger partial charge in [-0.2, -0.15) is 0 Å². The Morgan fingerprint density at radius 1 is 1.26 bits per heavy atom. The van der Waals surface area contributed by atoms with Crippen LogP contribution in [0.15, 0.2) is 46.2 Å². The first-order chi connectivity index (χ1) is 18.4. The molecule has 0 aliphatic carbocycles. The van der Waals surface area contributed by atoms with Gasteiger partial charge in [0.1, 0.15) is 5.69 Å². The Labute approximate surface area is 222 Å². The van der Waals surface area contributed by atoms with Crippen LogP contribution in [0, 0.1) is 11.8 Å². The third-order valence-electron chi connectivity index (χ3n) is 6.48. The van der Waals surface area contributed by atoms with Gasteiger partial charge in [-0.25, -0.2) is 24.4 Å². The van der Waals surface area contributed by atoms with Crippen LogP contribution in [0.25, 0.3) is 0 Å². The van der Waals surface area contributed by atoms with Crippen LogP contribution in [0.3, 0.4) is 0 Å². The van der Waals surface area contributed by atoms with Crippen LogP contribution in [0.1, 0.15) is 21.1 Å². The molecule has 2 N–H and O–H groups in total. The molecular weight excluding hydrogens is 510 g/mol. The van der Waals surface area contributed by atoms with Gasteiger partial charge in [-0.05, 0) is 12.1 Å². The summed E-state index contributed by atoms with van der Waals surface area (Å²) in [6, 6.07) is 2.95. The Kier molecular flexibility index (Phi) is 7.34. The van der Waals surface area contributed by atoms with Crippen LogP contribution in [-0.2, 0) is 9.53 Å². The third kappa shape index (κ3) is 5.36. The summed E-state index contributed by atoms with van der Waals surface area (Å²) in [7, 11) is 1.36. The Morgan fingerprint density at radius 3 is 2.84 bits per heavy atom. The molecule has 0 bridgehead atoms. The number of carbonyl (C=O) groups is 3. The van der Waals surface area contributed by atoms with Crippen molar-refractivity contribution in [3.05, 3.63) is 57.4 Å². The predicted molar refractivity (Wildman–Crippen MR) is 138 cm³/mol. The number of methoxy groups -OCH3 is 1. The fourth-order valence-electron chi connectivity index (χ4n) is 4.59. The van der Waals surface area contributed by atoms with Crippen molar-refractivity contribution in [1.82, 2.24) is 30.0 Å². The summed E-state index contributed by atoms with van der Waals surface area (Å²) in [4.78, 5) is 54.7. The van der Waals surface area contributed by atoms with Crippen molar-refractivity contribution in [3.8, 4) is 11.8 Å². The van der Waals surface area contributed by atoms with Crippen LogP contribution >= 0.6 is 11.3 Å². The number of hydrogen-bond acceptors (Lipinski definition) is 10. The number of aromatic carboxylic acids is 1. The fourth-order valence-corrected chi connectivity index (χ4v) is 5.19. The lowest BCUT2D eigenvalue weighted by Crippen LogP contribution is -2.53. The van der Waals surface area contributed by atoms with Gasteiger partial charge in [-0.1, -0.05) is 11.8 Å². The number of carbonyl (C=O) groups excluding carboxylic acids is 2. The van der Waals surface area contributed by atoms with Crippen molar-refractivity contribution in [3.63, 3.8) is 0 Å². The molecule has 38 heavy (non-hydrogen) atoms. The summed E-state index contributed by atoms with van der Waals surface area (Å²) in [5.74, 6) is 5.05. The van der Waals surface area contributed by atoms with Gasteiger partial charge in [0.2, 0.25) is 0 Å². The maximum absolute atomic E-state index is 12.9. The summed E-state index contributed by atoms with van der Waals surface area (Å²) in [5.41, 5.74) is 1.76.